The summed E-state index contributed by atoms with van der Waals surface area (Å²) in [5, 5.41) is 22.9. The lowest BCUT2D eigenvalue weighted by Gasteiger charge is -2.25. The molecule has 1 aliphatic rings. The monoisotopic (exact) mass is 316 g/mol. The number of fused-ring (bicyclic) bond motifs is 1. The van der Waals surface area contributed by atoms with Crippen molar-refractivity contribution in [1.82, 2.24) is 19.6 Å². The topological polar surface area (TPSA) is 145 Å². The number of hydrogen-bond donors (Lipinski definition) is 4. The van der Waals surface area contributed by atoms with Crippen LogP contribution in [0, 0.1) is 0 Å². The number of nitrogens with two attached hydrogens (primary N) is 2. The third kappa shape index (κ3) is 1.90. The molecule has 0 unspecified atom stereocenters. The van der Waals surface area contributed by atoms with E-state index >= 15 is 0 Å². The smallest absolute Gasteiger partial charge is 0.240 e. The number of aliphatic hydroxyl groups is 2. The molecule has 6 N–H and O–H groups in total. The largest absolute Gasteiger partial charge is 0.393 e. The average molecular weight is 316 g/mol. The molecule has 0 saturated carbocycles. The van der Waals surface area contributed by atoms with Crippen LogP contribution in [0.2, 0.25) is 0 Å². The van der Waals surface area contributed by atoms with Gasteiger partial charge in [-0.25, -0.2) is 18.3 Å². The number of anilines is 2. The van der Waals surface area contributed by atoms with E-state index in [1.165, 1.54) is 6.20 Å². The summed E-state index contributed by atoms with van der Waals surface area (Å²) in [5.41, 5.74) is 9.29. The van der Waals surface area contributed by atoms with Crippen molar-refractivity contribution in [1.29, 1.82) is 0 Å². The molecule has 0 aromatic carbocycles. The molecule has 4 atom stereocenters. The SMILES string of the molecule is Nc1nc(N)c2ncc([C@@H]3O[C@@](CO)(CF)[C@@H](O)[C@H]3F)n2n1. The quantitative estimate of drug-likeness (QED) is 0.550. The van der Waals surface area contributed by atoms with Gasteiger partial charge in [0.1, 0.15) is 24.5 Å². The zero-order chi connectivity index (χ0) is 16.1. The van der Waals surface area contributed by atoms with E-state index in [0.29, 0.717) is 0 Å². The van der Waals surface area contributed by atoms with Gasteiger partial charge < -0.3 is 26.4 Å². The number of aliphatic hydroxyl groups excluding tert-OH is 2. The Morgan fingerprint density at radius 2 is 2.18 bits per heavy atom. The highest BCUT2D eigenvalue weighted by Crippen LogP contribution is 2.42. The number of imidazole rings is 1. The molecule has 2 aromatic rings. The van der Waals surface area contributed by atoms with Crippen LogP contribution in [-0.2, 0) is 4.74 Å². The summed E-state index contributed by atoms with van der Waals surface area (Å²) in [6.07, 6.45) is -3.99. The molecule has 9 nitrogen and oxygen atoms in total. The molecular weight excluding hydrogens is 302 g/mol. The predicted molar refractivity (Wildman–Crippen MR) is 70.1 cm³/mol. The molecule has 0 aliphatic carbocycles. The first-order chi connectivity index (χ1) is 10.4. The number of aromatic nitrogens is 4. The van der Waals surface area contributed by atoms with E-state index in [0.717, 1.165) is 4.52 Å². The molecule has 3 rings (SSSR count). The molecule has 3 heterocycles. The Bertz CT molecular complexity index is 706. The Balaban J connectivity index is 2.09. The minimum atomic E-state index is -2.03. The maximum atomic E-state index is 14.3. The molecule has 1 aliphatic heterocycles. The number of nitrogens with zero attached hydrogens (tertiary/aromatic N) is 4. The fourth-order valence-corrected chi connectivity index (χ4v) is 2.48. The molecule has 0 amide bonds. The molecule has 1 saturated heterocycles. The Kier molecular flexibility index (Phi) is 3.34. The maximum Gasteiger partial charge on any atom is 0.240 e. The Labute approximate surface area is 122 Å². The number of hydrogen-bond acceptors (Lipinski definition) is 8. The molecular formula is C11H14F2N6O3. The predicted octanol–water partition coefficient (Wildman–Crippen LogP) is -1.24. The Morgan fingerprint density at radius 3 is 2.77 bits per heavy atom. The minimum absolute atomic E-state index is 0.0217. The van der Waals surface area contributed by atoms with Crippen LogP contribution in [0.1, 0.15) is 11.8 Å². The van der Waals surface area contributed by atoms with E-state index in [1.807, 2.05) is 0 Å². The van der Waals surface area contributed by atoms with Gasteiger partial charge in [0, 0.05) is 0 Å². The molecule has 0 radical (unpaired) electrons. The first-order valence-corrected chi connectivity index (χ1v) is 6.37. The summed E-state index contributed by atoms with van der Waals surface area (Å²) in [4.78, 5) is 7.65. The summed E-state index contributed by atoms with van der Waals surface area (Å²) in [7, 11) is 0. The van der Waals surface area contributed by atoms with E-state index < -0.39 is 37.3 Å². The number of nitrogen functional groups attached to an aromatic ring is 2. The van der Waals surface area contributed by atoms with Crippen molar-refractivity contribution < 1.29 is 23.7 Å². The summed E-state index contributed by atoms with van der Waals surface area (Å²) in [5.74, 6) is -0.191. The number of ether oxygens (including phenoxy) is 1. The molecule has 1 fully saturated rings. The summed E-state index contributed by atoms with van der Waals surface area (Å²) >= 11 is 0. The maximum absolute atomic E-state index is 14.3. The van der Waals surface area contributed by atoms with Gasteiger partial charge in [0.25, 0.3) is 0 Å². The standard InChI is InChI=1S/C11H14F2N6O3/c12-2-11(3-20)7(21)5(13)6(22-11)4-1-16-9-8(14)17-10(15)18-19(4)9/h1,5-7,20-21H,2-3H2,(H4,14,15,17,18)/t5-,6-,7-,11+/m0/s1. The van der Waals surface area contributed by atoms with Gasteiger partial charge in [-0.15, -0.1) is 5.10 Å². The van der Waals surface area contributed by atoms with E-state index in [4.69, 9.17) is 16.2 Å². The first-order valence-electron chi connectivity index (χ1n) is 6.37. The lowest BCUT2D eigenvalue weighted by Crippen LogP contribution is -2.47. The first kappa shape index (κ1) is 14.8. The second kappa shape index (κ2) is 4.97. The van der Waals surface area contributed by atoms with Crippen molar-refractivity contribution >= 4 is 17.4 Å². The van der Waals surface area contributed by atoms with Gasteiger partial charge in [-0.2, -0.15) is 4.98 Å². The van der Waals surface area contributed by atoms with Crippen molar-refractivity contribution in [3.63, 3.8) is 0 Å². The van der Waals surface area contributed by atoms with Gasteiger partial charge in [0.15, 0.2) is 17.6 Å². The summed E-state index contributed by atoms with van der Waals surface area (Å²) in [6.45, 7) is -2.13. The van der Waals surface area contributed by atoms with Crippen LogP contribution in [0.5, 0.6) is 0 Å². The molecule has 2 aromatic heterocycles. The van der Waals surface area contributed by atoms with Crippen LogP contribution in [0.4, 0.5) is 20.5 Å². The second-order valence-electron chi connectivity index (χ2n) is 5.06. The van der Waals surface area contributed by atoms with Crippen LogP contribution in [0.15, 0.2) is 6.20 Å². The van der Waals surface area contributed by atoms with Crippen LogP contribution in [0.3, 0.4) is 0 Å². The zero-order valence-corrected chi connectivity index (χ0v) is 11.2. The van der Waals surface area contributed by atoms with E-state index in [1.54, 1.807) is 0 Å². The van der Waals surface area contributed by atoms with Crippen LogP contribution in [-0.4, -0.2) is 61.0 Å². The molecule has 22 heavy (non-hydrogen) atoms. The summed E-state index contributed by atoms with van der Waals surface area (Å²) in [6, 6.07) is 0. The van der Waals surface area contributed by atoms with Crippen LogP contribution in [0.25, 0.3) is 5.65 Å². The van der Waals surface area contributed by atoms with E-state index in [9.17, 15) is 19.0 Å². The zero-order valence-electron chi connectivity index (χ0n) is 11.2. The highest BCUT2D eigenvalue weighted by Gasteiger charge is 2.56. The summed E-state index contributed by atoms with van der Waals surface area (Å²) < 4.78 is 33.8. The highest BCUT2D eigenvalue weighted by atomic mass is 19.1. The fourth-order valence-electron chi connectivity index (χ4n) is 2.48. The highest BCUT2D eigenvalue weighted by molar-refractivity contribution is 5.60. The lowest BCUT2D eigenvalue weighted by atomic mass is 9.97. The average Bonchev–Trinajstić information content (AvgIpc) is 3.01. The third-order valence-corrected chi connectivity index (χ3v) is 3.71. The van der Waals surface area contributed by atoms with Gasteiger partial charge in [-0.05, 0) is 0 Å². The van der Waals surface area contributed by atoms with Crippen molar-refractivity contribution in [2.24, 2.45) is 0 Å². The molecule has 0 bridgehead atoms. The number of rotatable bonds is 3. The van der Waals surface area contributed by atoms with Crippen molar-refractivity contribution in [3.05, 3.63) is 11.9 Å². The Morgan fingerprint density at radius 1 is 1.45 bits per heavy atom. The third-order valence-electron chi connectivity index (χ3n) is 3.71. The van der Waals surface area contributed by atoms with Gasteiger partial charge in [0.2, 0.25) is 5.95 Å². The second-order valence-corrected chi connectivity index (χ2v) is 5.06. The van der Waals surface area contributed by atoms with Crippen molar-refractivity contribution in [2.75, 3.05) is 24.7 Å². The Hall–Kier alpha value is -2.11. The molecule has 0 spiro atoms. The van der Waals surface area contributed by atoms with Crippen molar-refractivity contribution in [2.45, 2.75) is 24.0 Å². The van der Waals surface area contributed by atoms with Gasteiger partial charge in [-0.3, -0.25) is 0 Å². The molecule has 120 valence electrons. The van der Waals surface area contributed by atoms with Crippen LogP contribution < -0.4 is 11.5 Å². The fraction of sp³-hybridized carbons (Fsp3) is 0.545. The normalized spacial score (nSPS) is 31.9. The van der Waals surface area contributed by atoms with Crippen LogP contribution >= 0.6 is 0 Å². The number of halogens is 2. The van der Waals surface area contributed by atoms with Gasteiger partial charge in [-0.1, -0.05) is 0 Å². The van der Waals surface area contributed by atoms with E-state index in [-0.39, 0.29) is 23.1 Å². The van der Waals surface area contributed by atoms with Gasteiger partial charge in [0.05, 0.1) is 18.5 Å². The lowest BCUT2D eigenvalue weighted by molar-refractivity contribution is -0.123. The minimum Gasteiger partial charge on any atom is -0.393 e. The van der Waals surface area contributed by atoms with Gasteiger partial charge >= 0.3 is 0 Å². The molecule has 11 heteroatoms. The number of alkyl halides is 2. The van der Waals surface area contributed by atoms with E-state index in [2.05, 4.69) is 15.1 Å². The van der Waals surface area contributed by atoms with Crippen molar-refractivity contribution in [3.8, 4) is 0 Å².